The third kappa shape index (κ3) is 3.90. The average molecular weight is 289 g/mol. The maximum absolute atomic E-state index is 12.6. The molecule has 1 N–H and O–H groups in total. The zero-order valence-corrected chi connectivity index (χ0v) is 12.8. The van der Waals surface area contributed by atoms with Gasteiger partial charge in [-0.2, -0.15) is 17.0 Å². The molecule has 112 valence electrons. The van der Waals surface area contributed by atoms with Crippen molar-refractivity contribution >= 4 is 10.2 Å². The second-order valence-corrected chi connectivity index (χ2v) is 7.48. The van der Waals surface area contributed by atoms with Crippen molar-refractivity contribution in [1.29, 1.82) is 0 Å². The summed E-state index contributed by atoms with van der Waals surface area (Å²) >= 11 is 0. The summed E-state index contributed by atoms with van der Waals surface area (Å²) in [5.74, 6) is 0. The van der Waals surface area contributed by atoms with Crippen molar-refractivity contribution in [2.24, 2.45) is 0 Å². The van der Waals surface area contributed by atoms with E-state index in [0.717, 1.165) is 45.1 Å². The predicted octanol–water partition coefficient (Wildman–Crippen LogP) is 1.18. The molecule has 0 saturated carbocycles. The summed E-state index contributed by atoms with van der Waals surface area (Å²) in [7, 11) is -3.21. The van der Waals surface area contributed by atoms with E-state index in [-0.39, 0.29) is 0 Å². The van der Waals surface area contributed by atoms with E-state index in [2.05, 4.69) is 12.2 Å². The van der Waals surface area contributed by atoms with Gasteiger partial charge in [-0.25, -0.2) is 0 Å². The summed E-state index contributed by atoms with van der Waals surface area (Å²) in [6.45, 7) is 5.79. The van der Waals surface area contributed by atoms with Crippen molar-refractivity contribution < 1.29 is 8.42 Å². The molecule has 2 fully saturated rings. The van der Waals surface area contributed by atoms with E-state index in [0.29, 0.717) is 32.2 Å². The standard InChI is InChI=1S/C13H27N3O2S/c1-2-14-13-7-11-16(12-8-13)19(17,18)15-9-5-3-4-6-10-15/h13-14H,2-12H2,1H3. The second kappa shape index (κ2) is 7.02. The number of hydrogen-bond donors (Lipinski definition) is 1. The third-order valence-electron chi connectivity index (χ3n) is 4.16. The largest absolute Gasteiger partial charge is 0.314 e. The Balaban J connectivity index is 1.92. The van der Waals surface area contributed by atoms with Crippen LogP contribution in [-0.4, -0.2) is 55.8 Å². The molecule has 2 rings (SSSR count). The van der Waals surface area contributed by atoms with Crippen LogP contribution >= 0.6 is 0 Å². The van der Waals surface area contributed by atoms with E-state index in [4.69, 9.17) is 0 Å². The maximum atomic E-state index is 12.6. The third-order valence-corrected chi connectivity index (χ3v) is 6.20. The van der Waals surface area contributed by atoms with Gasteiger partial charge in [0.1, 0.15) is 0 Å². The number of piperidine rings is 1. The van der Waals surface area contributed by atoms with Crippen LogP contribution in [0, 0.1) is 0 Å². The molecular formula is C13H27N3O2S. The Morgan fingerprint density at radius 2 is 1.47 bits per heavy atom. The van der Waals surface area contributed by atoms with Crippen LogP contribution in [0.2, 0.25) is 0 Å². The second-order valence-electron chi connectivity index (χ2n) is 5.55. The van der Waals surface area contributed by atoms with E-state index in [9.17, 15) is 8.42 Å². The average Bonchev–Trinajstić information content (AvgIpc) is 2.69. The fourth-order valence-corrected chi connectivity index (χ4v) is 4.73. The molecule has 2 saturated heterocycles. The van der Waals surface area contributed by atoms with Gasteiger partial charge < -0.3 is 5.32 Å². The Bertz CT molecular complexity index is 356. The Morgan fingerprint density at radius 1 is 0.947 bits per heavy atom. The van der Waals surface area contributed by atoms with Crippen LogP contribution in [0.15, 0.2) is 0 Å². The van der Waals surface area contributed by atoms with E-state index in [1.807, 2.05) is 0 Å². The Morgan fingerprint density at radius 3 is 2.00 bits per heavy atom. The van der Waals surface area contributed by atoms with Crippen LogP contribution < -0.4 is 5.32 Å². The fourth-order valence-electron chi connectivity index (χ4n) is 3.02. The number of rotatable bonds is 4. The van der Waals surface area contributed by atoms with Crippen molar-refractivity contribution in [3.63, 3.8) is 0 Å². The molecule has 2 aliphatic rings. The normalized spacial score (nSPS) is 25.3. The molecule has 5 nitrogen and oxygen atoms in total. The van der Waals surface area contributed by atoms with Crippen LogP contribution in [0.25, 0.3) is 0 Å². The Labute approximate surface area is 117 Å². The lowest BCUT2D eigenvalue weighted by Gasteiger charge is -2.34. The highest BCUT2D eigenvalue weighted by Crippen LogP contribution is 2.20. The zero-order valence-electron chi connectivity index (χ0n) is 12.0. The zero-order chi connectivity index (χ0) is 13.7. The van der Waals surface area contributed by atoms with Gasteiger partial charge in [-0.05, 0) is 32.2 Å². The minimum absolute atomic E-state index is 0.487. The molecular weight excluding hydrogens is 262 g/mol. The lowest BCUT2D eigenvalue weighted by Crippen LogP contribution is -2.50. The molecule has 0 aromatic heterocycles. The molecule has 0 spiro atoms. The van der Waals surface area contributed by atoms with Gasteiger partial charge in [0, 0.05) is 32.2 Å². The summed E-state index contributed by atoms with van der Waals surface area (Å²) in [6.07, 6.45) is 6.20. The van der Waals surface area contributed by atoms with Gasteiger partial charge in [-0.3, -0.25) is 0 Å². The minimum atomic E-state index is -3.21. The van der Waals surface area contributed by atoms with Crippen molar-refractivity contribution in [3.05, 3.63) is 0 Å². The summed E-state index contributed by atoms with van der Waals surface area (Å²) in [4.78, 5) is 0. The molecule has 6 heteroatoms. The molecule has 0 amide bonds. The van der Waals surface area contributed by atoms with E-state index >= 15 is 0 Å². The first kappa shape index (κ1) is 15.2. The summed E-state index contributed by atoms with van der Waals surface area (Å²) in [5.41, 5.74) is 0. The molecule has 2 aliphatic heterocycles. The van der Waals surface area contributed by atoms with Gasteiger partial charge in [0.15, 0.2) is 0 Å². The number of nitrogens with one attached hydrogen (secondary N) is 1. The van der Waals surface area contributed by atoms with Crippen molar-refractivity contribution in [1.82, 2.24) is 13.9 Å². The van der Waals surface area contributed by atoms with Gasteiger partial charge in [-0.1, -0.05) is 19.8 Å². The highest BCUT2D eigenvalue weighted by atomic mass is 32.2. The number of nitrogens with zero attached hydrogens (tertiary/aromatic N) is 2. The Kier molecular flexibility index (Phi) is 5.62. The lowest BCUT2D eigenvalue weighted by atomic mass is 10.1. The first-order valence-corrected chi connectivity index (χ1v) is 9.03. The van der Waals surface area contributed by atoms with Crippen molar-refractivity contribution in [2.75, 3.05) is 32.7 Å². The van der Waals surface area contributed by atoms with E-state index < -0.39 is 10.2 Å². The van der Waals surface area contributed by atoms with Crippen molar-refractivity contribution in [3.8, 4) is 0 Å². The van der Waals surface area contributed by atoms with E-state index in [1.54, 1.807) is 8.61 Å². The summed E-state index contributed by atoms with van der Waals surface area (Å²) in [6, 6.07) is 0.487. The molecule has 0 aliphatic carbocycles. The van der Waals surface area contributed by atoms with E-state index in [1.165, 1.54) is 0 Å². The SMILES string of the molecule is CCNC1CCN(S(=O)(=O)N2CCCCCC2)CC1. The molecule has 0 radical (unpaired) electrons. The minimum Gasteiger partial charge on any atom is -0.314 e. The van der Waals surface area contributed by atoms with Gasteiger partial charge >= 0.3 is 0 Å². The molecule has 19 heavy (non-hydrogen) atoms. The van der Waals surface area contributed by atoms with Gasteiger partial charge in [-0.15, -0.1) is 0 Å². The van der Waals surface area contributed by atoms with Gasteiger partial charge in [0.2, 0.25) is 0 Å². The monoisotopic (exact) mass is 289 g/mol. The maximum Gasteiger partial charge on any atom is 0.281 e. The first-order chi connectivity index (χ1) is 9.14. The molecule has 0 atom stereocenters. The van der Waals surface area contributed by atoms with Gasteiger partial charge in [0.05, 0.1) is 0 Å². The van der Waals surface area contributed by atoms with Crippen LogP contribution in [0.5, 0.6) is 0 Å². The highest BCUT2D eigenvalue weighted by molar-refractivity contribution is 7.86. The molecule has 0 unspecified atom stereocenters. The smallest absolute Gasteiger partial charge is 0.281 e. The Hall–Kier alpha value is -0.170. The van der Waals surface area contributed by atoms with Crippen LogP contribution in [0.1, 0.15) is 45.4 Å². The topological polar surface area (TPSA) is 52.7 Å². The van der Waals surface area contributed by atoms with Crippen LogP contribution in [-0.2, 0) is 10.2 Å². The molecule has 0 aromatic rings. The van der Waals surface area contributed by atoms with Crippen LogP contribution in [0.3, 0.4) is 0 Å². The molecule has 0 aromatic carbocycles. The summed E-state index contributed by atoms with van der Waals surface area (Å²) in [5, 5.41) is 3.41. The molecule has 0 bridgehead atoms. The fraction of sp³-hybridized carbons (Fsp3) is 1.00. The van der Waals surface area contributed by atoms with Crippen LogP contribution in [0.4, 0.5) is 0 Å². The molecule has 2 heterocycles. The predicted molar refractivity (Wildman–Crippen MR) is 77.2 cm³/mol. The van der Waals surface area contributed by atoms with Gasteiger partial charge in [0.25, 0.3) is 10.2 Å². The van der Waals surface area contributed by atoms with Crippen molar-refractivity contribution in [2.45, 2.75) is 51.5 Å². The highest BCUT2D eigenvalue weighted by Gasteiger charge is 2.32. The first-order valence-electron chi connectivity index (χ1n) is 7.63. The summed E-state index contributed by atoms with van der Waals surface area (Å²) < 4.78 is 28.6. The quantitative estimate of drug-likeness (QED) is 0.845. The lowest BCUT2D eigenvalue weighted by molar-refractivity contribution is 0.269. The number of hydrogen-bond acceptors (Lipinski definition) is 3.